The maximum Gasteiger partial charge on any atom is 0.225 e. The van der Waals surface area contributed by atoms with Gasteiger partial charge in [-0.25, -0.2) is 4.98 Å². The van der Waals surface area contributed by atoms with Crippen molar-refractivity contribution < 1.29 is 0 Å². The maximum absolute atomic E-state index is 6.32. The lowest BCUT2D eigenvalue weighted by Crippen LogP contribution is -2.23. The summed E-state index contributed by atoms with van der Waals surface area (Å²) in [5.41, 5.74) is 2.41. The number of benzene rings is 1. The lowest BCUT2D eigenvalue weighted by Gasteiger charge is -2.23. The van der Waals surface area contributed by atoms with E-state index in [1.54, 1.807) is 24.5 Å². The highest BCUT2D eigenvalue weighted by molar-refractivity contribution is 6.39. The summed E-state index contributed by atoms with van der Waals surface area (Å²) in [5, 5.41) is 7.84. The number of pyridine rings is 1. The molecule has 2 heterocycles. The zero-order valence-corrected chi connectivity index (χ0v) is 16.8. The van der Waals surface area contributed by atoms with Crippen LogP contribution in [0.4, 0.5) is 17.5 Å². The molecule has 5 nitrogen and oxygen atoms in total. The first kappa shape index (κ1) is 19.0. The molecule has 0 amide bonds. The minimum absolute atomic E-state index is 0.401. The molecule has 0 bridgehead atoms. The minimum atomic E-state index is 0.401. The van der Waals surface area contributed by atoms with Crippen LogP contribution < -0.4 is 10.6 Å². The summed E-state index contributed by atoms with van der Waals surface area (Å²) in [4.78, 5) is 13.5. The Morgan fingerprint density at radius 2 is 1.61 bits per heavy atom. The summed E-state index contributed by atoms with van der Waals surface area (Å²) in [7, 11) is 0. The van der Waals surface area contributed by atoms with Gasteiger partial charge in [-0.3, -0.25) is 4.98 Å². The van der Waals surface area contributed by atoms with Gasteiger partial charge in [0.05, 0.1) is 21.4 Å². The Morgan fingerprint density at radius 3 is 2.32 bits per heavy atom. The van der Waals surface area contributed by atoms with Crippen LogP contribution in [0.5, 0.6) is 0 Å². The largest absolute Gasteiger partial charge is 0.351 e. The number of halogens is 2. The van der Waals surface area contributed by atoms with Crippen molar-refractivity contribution in [3.05, 3.63) is 58.8 Å². The fraction of sp³-hybridized carbons (Fsp3) is 0.286. The average Bonchev–Trinajstić information content (AvgIpc) is 2.72. The SMILES string of the molecule is Clc1cccc(Cl)c1Nc1cc(-c2ccncc2)nc(NC2CCCCC2)n1. The molecule has 3 aromatic rings. The third-order valence-electron chi connectivity index (χ3n) is 4.86. The third kappa shape index (κ3) is 4.54. The fourth-order valence-electron chi connectivity index (χ4n) is 3.42. The molecule has 2 N–H and O–H groups in total. The molecule has 1 aliphatic carbocycles. The van der Waals surface area contributed by atoms with E-state index < -0.39 is 0 Å². The number of nitrogens with one attached hydrogen (secondary N) is 2. The van der Waals surface area contributed by atoms with E-state index in [-0.39, 0.29) is 0 Å². The Balaban J connectivity index is 1.69. The van der Waals surface area contributed by atoms with Crippen LogP contribution in [-0.4, -0.2) is 21.0 Å². The van der Waals surface area contributed by atoms with Gasteiger partial charge in [0.15, 0.2) is 0 Å². The molecule has 0 radical (unpaired) electrons. The molecular formula is C21H21Cl2N5. The first-order valence-electron chi connectivity index (χ1n) is 9.46. The van der Waals surface area contributed by atoms with Gasteiger partial charge >= 0.3 is 0 Å². The second-order valence-electron chi connectivity index (χ2n) is 6.90. The lowest BCUT2D eigenvalue weighted by atomic mass is 9.96. The first-order chi connectivity index (χ1) is 13.7. The summed E-state index contributed by atoms with van der Waals surface area (Å²) in [5.74, 6) is 1.24. The molecule has 2 aromatic heterocycles. The van der Waals surface area contributed by atoms with Crippen LogP contribution in [-0.2, 0) is 0 Å². The van der Waals surface area contributed by atoms with Crippen LogP contribution >= 0.6 is 23.2 Å². The third-order valence-corrected chi connectivity index (χ3v) is 5.49. The number of rotatable bonds is 5. The van der Waals surface area contributed by atoms with E-state index in [1.807, 2.05) is 24.3 Å². The Morgan fingerprint density at radius 1 is 0.893 bits per heavy atom. The fourth-order valence-corrected chi connectivity index (χ4v) is 3.91. The predicted octanol–water partition coefficient (Wildman–Crippen LogP) is 6.33. The normalized spacial score (nSPS) is 14.6. The quantitative estimate of drug-likeness (QED) is 0.511. The summed E-state index contributed by atoms with van der Waals surface area (Å²) >= 11 is 12.6. The molecule has 4 rings (SSSR count). The molecule has 0 unspecified atom stereocenters. The summed E-state index contributed by atoms with van der Waals surface area (Å²) in [6.45, 7) is 0. The number of nitrogens with zero attached hydrogens (tertiary/aromatic N) is 3. The molecule has 28 heavy (non-hydrogen) atoms. The molecule has 0 saturated heterocycles. The van der Waals surface area contributed by atoms with Crippen LogP contribution in [0.15, 0.2) is 48.8 Å². The molecule has 1 saturated carbocycles. The van der Waals surface area contributed by atoms with E-state index in [0.29, 0.717) is 33.5 Å². The topological polar surface area (TPSA) is 62.7 Å². The van der Waals surface area contributed by atoms with E-state index in [1.165, 1.54) is 19.3 Å². The van der Waals surface area contributed by atoms with Gasteiger partial charge in [-0.05, 0) is 37.1 Å². The molecule has 0 spiro atoms. The van der Waals surface area contributed by atoms with Gasteiger partial charge in [0.1, 0.15) is 5.82 Å². The van der Waals surface area contributed by atoms with Gasteiger partial charge in [0.2, 0.25) is 5.95 Å². The Bertz CT molecular complexity index is 923. The number of aromatic nitrogens is 3. The van der Waals surface area contributed by atoms with E-state index in [9.17, 15) is 0 Å². The van der Waals surface area contributed by atoms with E-state index in [4.69, 9.17) is 28.2 Å². The van der Waals surface area contributed by atoms with Gasteiger partial charge in [-0.1, -0.05) is 48.5 Å². The van der Waals surface area contributed by atoms with Crippen molar-refractivity contribution in [1.82, 2.24) is 15.0 Å². The molecule has 7 heteroatoms. The van der Waals surface area contributed by atoms with E-state index in [2.05, 4.69) is 20.6 Å². The molecule has 0 atom stereocenters. The summed E-state index contributed by atoms with van der Waals surface area (Å²) in [6.07, 6.45) is 9.56. The van der Waals surface area contributed by atoms with Crippen LogP contribution in [0.1, 0.15) is 32.1 Å². The van der Waals surface area contributed by atoms with Gasteiger partial charge in [-0.2, -0.15) is 4.98 Å². The second-order valence-corrected chi connectivity index (χ2v) is 7.71. The van der Waals surface area contributed by atoms with E-state index in [0.717, 1.165) is 24.1 Å². The molecule has 144 valence electrons. The second kappa shape index (κ2) is 8.76. The number of anilines is 3. The van der Waals surface area contributed by atoms with Crippen LogP contribution in [0.2, 0.25) is 10.0 Å². The summed E-state index contributed by atoms with van der Waals surface area (Å²) < 4.78 is 0. The van der Waals surface area contributed by atoms with Crippen molar-refractivity contribution in [2.45, 2.75) is 38.1 Å². The standard InChI is InChI=1S/C21H21Cl2N5/c22-16-7-4-8-17(23)20(16)27-19-13-18(14-9-11-24-12-10-14)26-21(28-19)25-15-5-2-1-3-6-15/h4,7-13,15H,1-3,5-6H2,(H2,25,26,27,28). The smallest absolute Gasteiger partial charge is 0.225 e. The molecular weight excluding hydrogens is 393 g/mol. The van der Waals surface area contributed by atoms with Crippen molar-refractivity contribution in [1.29, 1.82) is 0 Å². The Hall–Kier alpha value is -2.37. The first-order valence-corrected chi connectivity index (χ1v) is 10.2. The van der Waals surface area contributed by atoms with Gasteiger partial charge in [0, 0.05) is 30.1 Å². The lowest BCUT2D eigenvalue weighted by molar-refractivity contribution is 0.461. The van der Waals surface area contributed by atoms with Gasteiger partial charge < -0.3 is 10.6 Å². The Kier molecular flexibility index (Phi) is 5.93. The highest BCUT2D eigenvalue weighted by atomic mass is 35.5. The summed E-state index contributed by atoms with van der Waals surface area (Å²) in [6, 6.07) is 11.6. The van der Waals surface area contributed by atoms with Crippen molar-refractivity contribution >= 4 is 40.7 Å². The van der Waals surface area contributed by atoms with Crippen molar-refractivity contribution in [3.63, 3.8) is 0 Å². The monoisotopic (exact) mass is 413 g/mol. The van der Waals surface area contributed by atoms with E-state index >= 15 is 0 Å². The molecule has 1 aromatic carbocycles. The molecule has 1 fully saturated rings. The zero-order chi connectivity index (χ0) is 19.3. The van der Waals surface area contributed by atoms with Crippen molar-refractivity contribution in [3.8, 4) is 11.3 Å². The molecule has 0 aliphatic heterocycles. The van der Waals surface area contributed by atoms with Crippen molar-refractivity contribution in [2.24, 2.45) is 0 Å². The van der Waals surface area contributed by atoms with Crippen molar-refractivity contribution in [2.75, 3.05) is 10.6 Å². The average molecular weight is 414 g/mol. The number of hydrogen-bond acceptors (Lipinski definition) is 5. The number of hydrogen-bond donors (Lipinski definition) is 2. The van der Waals surface area contributed by atoms with Crippen LogP contribution in [0, 0.1) is 0 Å². The van der Waals surface area contributed by atoms with Gasteiger partial charge in [0.25, 0.3) is 0 Å². The molecule has 1 aliphatic rings. The maximum atomic E-state index is 6.32. The van der Waals surface area contributed by atoms with Crippen LogP contribution in [0.25, 0.3) is 11.3 Å². The minimum Gasteiger partial charge on any atom is -0.351 e. The predicted molar refractivity (Wildman–Crippen MR) is 116 cm³/mol. The number of para-hydroxylation sites is 1. The highest BCUT2D eigenvalue weighted by Crippen LogP contribution is 2.33. The Labute approximate surface area is 174 Å². The van der Waals surface area contributed by atoms with Gasteiger partial charge in [-0.15, -0.1) is 0 Å². The zero-order valence-electron chi connectivity index (χ0n) is 15.3. The van der Waals surface area contributed by atoms with Crippen LogP contribution in [0.3, 0.4) is 0 Å². The highest BCUT2D eigenvalue weighted by Gasteiger charge is 2.16.